The van der Waals surface area contributed by atoms with Gasteiger partial charge in [-0.3, -0.25) is 0 Å². The van der Waals surface area contributed by atoms with Crippen molar-refractivity contribution in [3.05, 3.63) is 44.7 Å². The fraction of sp³-hybridized carbons (Fsp3) is 0.0625. The highest BCUT2D eigenvalue weighted by Crippen LogP contribution is 2.36. The Morgan fingerprint density at radius 3 is 2.88 bits per heavy atom. The van der Waals surface area contributed by atoms with Crippen LogP contribution >= 0.6 is 31.9 Å². The van der Waals surface area contributed by atoms with E-state index < -0.39 is 0 Å². The number of halogens is 2. The molecule has 3 aromatic rings. The first-order valence-electron chi connectivity index (χ1n) is 6.71. The van der Waals surface area contributed by atoms with Crippen molar-refractivity contribution in [3.8, 4) is 17.6 Å². The summed E-state index contributed by atoms with van der Waals surface area (Å²) in [6.45, 7) is 0. The fourth-order valence-corrected chi connectivity index (χ4v) is 2.95. The molecule has 120 valence electrons. The number of benzene rings is 1. The molecule has 0 saturated carbocycles. The fourth-order valence-electron chi connectivity index (χ4n) is 2.16. The highest BCUT2D eigenvalue weighted by molar-refractivity contribution is 9.10. The van der Waals surface area contributed by atoms with E-state index in [1.165, 1.54) is 7.11 Å². The van der Waals surface area contributed by atoms with Crippen molar-refractivity contribution in [2.75, 3.05) is 7.11 Å². The molecule has 0 saturated heterocycles. The molecule has 0 amide bonds. The van der Waals surface area contributed by atoms with Gasteiger partial charge in [0.15, 0.2) is 23.0 Å². The van der Waals surface area contributed by atoms with Crippen molar-refractivity contribution >= 4 is 54.7 Å². The van der Waals surface area contributed by atoms with E-state index in [0.717, 1.165) is 9.99 Å². The standard InChI is InChI=1S/C16H10Br2N4O2/c1-24-13-4-8(3-11(18)14(13)23)2-9(6-19)15-21-12-5-10(17)7-20-16(12)22-15/h2-5,7,23H,1H3,(H,20,21,22)/b9-2+. The van der Waals surface area contributed by atoms with Gasteiger partial charge in [0, 0.05) is 10.7 Å². The second kappa shape index (κ2) is 6.63. The van der Waals surface area contributed by atoms with Crippen LogP contribution in [0, 0.1) is 11.3 Å². The first-order chi connectivity index (χ1) is 11.5. The number of aromatic nitrogens is 3. The van der Waals surface area contributed by atoms with E-state index >= 15 is 0 Å². The summed E-state index contributed by atoms with van der Waals surface area (Å²) in [7, 11) is 1.46. The van der Waals surface area contributed by atoms with Crippen molar-refractivity contribution in [2.45, 2.75) is 0 Å². The number of fused-ring (bicyclic) bond motifs is 1. The summed E-state index contributed by atoms with van der Waals surface area (Å²) in [4.78, 5) is 11.6. The van der Waals surface area contributed by atoms with Crippen LogP contribution in [0.2, 0.25) is 0 Å². The molecule has 2 N–H and O–H groups in total. The minimum Gasteiger partial charge on any atom is -0.503 e. The van der Waals surface area contributed by atoms with Crippen LogP contribution in [-0.4, -0.2) is 27.2 Å². The summed E-state index contributed by atoms with van der Waals surface area (Å²) in [5.41, 5.74) is 2.27. The predicted octanol–water partition coefficient (Wildman–Crippen LogP) is 4.26. The molecule has 8 heteroatoms. The summed E-state index contributed by atoms with van der Waals surface area (Å²) in [6, 6.07) is 7.29. The molecule has 0 aliphatic carbocycles. The second-order valence-electron chi connectivity index (χ2n) is 4.83. The number of rotatable bonds is 3. The van der Waals surface area contributed by atoms with E-state index in [2.05, 4.69) is 52.9 Å². The first kappa shape index (κ1) is 16.5. The molecular formula is C16H10Br2N4O2. The van der Waals surface area contributed by atoms with Crippen molar-refractivity contribution in [3.63, 3.8) is 0 Å². The summed E-state index contributed by atoms with van der Waals surface area (Å²) in [6.07, 6.45) is 3.30. The Labute approximate surface area is 154 Å². The number of imidazole rings is 1. The summed E-state index contributed by atoms with van der Waals surface area (Å²) in [5, 5.41) is 19.3. The number of aromatic hydroxyl groups is 1. The molecule has 1 aromatic carbocycles. The topological polar surface area (TPSA) is 94.8 Å². The molecule has 2 aromatic heterocycles. The van der Waals surface area contributed by atoms with Gasteiger partial charge in [-0.15, -0.1) is 0 Å². The van der Waals surface area contributed by atoms with Crippen LogP contribution in [-0.2, 0) is 0 Å². The van der Waals surface area contributed by atoms with Gasteiger partial charge in [0.25, 0.3) is 0 Å². The summed E-state index contributed by atoms with van der Waals surface area (Å²) >= 11 is 6.61. The second-order valence-corrected chi connectivity index (χ2v) is 6.60. The molecule has 0 aliphatic heterocycles. The third-order valence-electron chi connectivity index (χ3n) is 3.26. The lowest BCUT2D eigenvalue weighted by molar-refractivity contribution is 0.372. The molecule has 6 nitrogen and oxygen atoms in total. The van der Waals surface area contributed by atoms with Gasteiger partial charge >= 0.3 is 0 Å². The van der Waals surface area contributed by atoms with Gasteiger partial charge in [0.05, 0.1) is 22.7 Å². The molecule has 0 bridgehead atoms. The van der Waals surface area contributed by atoms with Crippen LogP contribution in [0.1, 0.15) is 11.4 Å². The van der Waals surface area contributed by atoms with Crippen molar-refractivity contribution in [2.24, 2.45) is 0 Å². The average molecular weight is 450 g/mol. The zero-order valence-electron chi connectivity index (χ0n) is 12.3. The van der Waals surface area contributed by atoms with Crippen LogP contribution in [0.3, 0.4) is 0 Å². The van der Waals surface area contributed by atoms with E-state index in [0.29, 0.717) is 32.8 Å². The smallest absolute Gasteiger partial charge is 0.178 e. The van der Waals surface area contributed by atoms with E-state index in [4.69, 9.17) is 4.74 Å². The number of phenolic OH excluding ortho intramolecular Hbond substituents is 1. The Kier molecular flexibility index (Phi) is 4.55. The number of nitriles is 1. The van der Waals surface area contributed by atoms with Gasteiger partial charge in [-0.05, 0) is 61.7 Å². The number of hydrogen-bond acceptors (Lipinski definition) is 5. The van der Waals surface area contributed by atoms with E-state index in [-0.39, 0.29) is 5.75 Å². The van der Waals surface area contributed by atoms with Crippen LogP contribution in [0.25, 0.3) is 22.8 Å². The van der Waals surface area contributed by atoms with Crippen LogP contribution in [0.4, 0.5) is 0 Å². The van der Waals surface area contributed by atoms with E-state index in [1.54, 1.807) is 24.4 Å². The maximum atomic E-state index is 9.86. The van der Waals surface area contributed by atoms with E-state index in [1.807, 2.05) is 6.07 Å². The van der Waals surface area contributed by atoms with Crippen molar-refractivity contribution in [1.82, 2.24) is 15.0 Å². The largest absolute Gasteiger partial charge is 0.503 e. The Bertz CT molecular complexity index is 1010. The Hall–Kier alpha value is -2.37. The normalized spacial score (nSPS) is 11.5. The minimum absolute atomic E-state index is 0.00550. The summed E-state index contributed by atoms with van der Waals surface area (Å²) in [5.74, 6) is 0.732. The number of nitrogens with zero attached hydrogens (tertiary/aromatic N) is 3. The molecule has 3 rings (SSSR count). The zero-order chi connectivity index (χ0) is 17.3. The SMILES string of the molecule is COc1cc(/C=C(\C#N)c2nc3ncc(Br)cc3[nH]2)cc(Br)c1O. The predicted molar refractivity (Wildman–Crippen MR) is 97.4 cm³/mol. The third-order valence-corrected chi connectivity index (χ3v) is 4.30. The van der Waals surface area contributed by atoms with Crippen molar-refractivity contribution < 1.29 is 9.84 Å². The highest BCUT2D eigenvalue weighted by atomic mass is 79.9. The molecule has 0 unspecified atom stereocenters. The number of ether oxygens (including phenoxy) is 1. The number of phenols is 1. The first-order valence-corrected chi connectivity index (χ1v) is 8.30. The Morgan fingerprint density at radius 1 is 1.38 bits per heavy atom. The molecule has 0 aliphatic rings. The highest BCUT2D eigenvalue weighted by Gasteiger charge is 2.12. The molecule has 0 radical (unpaired) electrons. The van der Waals surface area contributed by atoms with E-state index in [9.17, 15) is 10.4 Å². The monoisotopic (exact) mass is 448 g/mol. The third kappa shape index (κ3) is 3.13. The molecule has 24 heavy (non-hydrogen) atoms. The lowest BCUT2D eigenvalue weighted by Crippen LogP contribution is -1.88. The summed E-state index contributed by atoms with van der Waals surface area (Å²) < 4.78 is 6.41. The van der Waals surface area contributed by atoms with Gasteiger partial charge < -0.3 is 14.8 Å². The van der Waals surface area contributed by atoms with Crippen LogP contribution in [0.15, 0.2) is 33.3 Å². The van der Waals surface area contributed by atoms with Gasteiger partial charge in [-0.25, -0.2) is 9.97 Å². The van der Waals surface area contributed by atoms with Gasteiger partial charge in [0.2, 0.25) is 0 Å². The molecule has 2 heterocycles. The quantitative estimate of drug-likeness (QED) is 0.582. The maximum absolute atomic E-state index is 9.86. The molecule has 0 fully saturated rings. The number of methoxy groups -OCH3 is 1. The lowest BCUT2D eigenvalue weighted by Gasteiger charge is -2.06. The Morgan fingerprint density at radius 2 is 2.17 bits per heavy atom. The number of allylic oxidation sites excluding steroid dienone is 1. The number of pyridine rings is 1. The number of aromatic amines is 1. The number of nitrogens with one attached hydrogen (secondary N) is 1. The number of H-pyrrole nitrogens is 1. The van der Waals surface area contributed by atoms with Gasteiger partial charge in [-0.2, -0.15) is 5.26 Å². The molecular weight excluding hydrogens is 440 g/mol. The number of hydrogen-bond donors (Lipinski definition) is 2. The molecule has 0 atom stereocenters. The Balaban J connectivity index is 2.09. The van der Waals surface area contributed by atoms with Gasteiger partial charge in [0.1, 0.15) is 6.07 Å². The zero-order valence-corrected chi connectivity index (χ0v) is 15.5. The van der Waals surface area contributed by atoms with Crippen molar-refractivity contribution in [1.29, 1.82) is 5.26 Å². The minimum atomic E-state index is 0.00550. The maximum Gasteiger partial charge on any atom is 0.178 e. The molecule has 0 spiro atoms. The lowest BCUT2D eigenvalue weighted by atomic mass is 10.1. The van der Waals surface area contributed by atoms with Crippen LogP contribution in [0.5, 0.6) is 11.5 Å². The average Bonchev–Trinajstić information content (AvgIpc) is 2.98. The van der Waals surface area contributed by atoms with Gasteiger partial charge in [-0.1, -0.05) is 0 Å². The van der Waals surface area contributed by atoms with Crippen LogP contribution < -0.4 is 4.74 Å².